The van der Waals surface area contributed by atoms with Gasteiger partial charge >= 0.3 is 5.00 Å². The van der Waals surface area contributed by atoms with E-state index < -0.39 is 0 Å². The summed E-state index contributed by atoms with van der Waals surface area (Å²) in [6.45, 7) is 6.31. The van der Waals surface area contributed by atoms with E-state index in [1.54, 1.807) is 6.07 Å². The third-order valence-electron chi connectivity index (χ3n) is 2.02. The molecule has 6 heteroatoms. The molecule has 1 rings (SSSR count). The van der Waals surface area contributed by atoms with E-state index in [9.17, 15) is 10.1 Å². The van der Waals surface area contributed by atoms with Crippen LogP contribution >= 0.6 is 11.3 Å². The topological polar surface area (TPSA) is 64.4 Å². The summed E-state index contributed by atoms with van der Waals surface area (Å²) >= 11 is 1.20. The Bertz CT molecular complexity index is 365. The molecule has 0 fully saturated rings. The van der Waals surface area contributed by atoms with Gasteiger partial charge in [-0.05, 0) is 12.5 Å². The molecule has 0 unspecified atom stereocenters. The van der Waals surface area contributed by atoms with E-state index >= 15 is 0 Å². The second kappa shape index (κ2) is 7.94. The van der Waals surface area contributed by atoms with Crippen LogP contribution in [0.5, 0.6) is 0 Å². The maximum atomic E-state index is 10.5. The minimum atomic E-state index is -0.368. The first kappa shape index (κ1) is 13.8. The fourth-order valence-electron chi connectivity index (χ4n) is 1.18. The summed E-state index contributed by atoms with van der Waals surface area (Å²) in [5.74, 6) is 0. The summed E-state index contributed by atoms with van der Waals surface area (Å²) in [5, 5.41) is 13.8. The van der Waals surface area contributed by atoms with Gasteiger partial charge in [-0.15, -0.1) is 6.58 Å². The number of ether oxygens (including phenoxy) is 1. The number of nitrogens with one attached hydrogen (secondary N) is 1. The quantitative estimate of drug-likeness (QED) is 0.319. The van der Waals surface area contributed by atoms with Crippen LogP contribution in [0.2, 0.25) is 0 Å². The van der Waals surface area contributed by atoms with Crippen molar-refractivity contribution in [2.75, 3.05) is 19.8 Å². The van der Waals surface area contributed by atoms with Gasteiger partial charge in [0.1, 0.15) is 0 Å². The van der Waals surface area contributed by atoms with Gasteiger partial charge in [0.15, 0.2) is 0 Å². The number of nitro groups is 1. The lowest BCUT2D eigenvalue weighted by molar-refractivity contribution is -0.380. The zero-order chi connectivity index (χ0) is 12.5. The second-order valence-electron chi connectivity index (χ2n) is 3.36. The molecule has 5 nitrogen and oxygen atoms in total. The minimum Gasteiger partial charge on any atom is -0.380 e. The van der Waals surface area contributed by atoms with Crippen molar-refractivity contribution < 1.29 is 9.66 Å². The first-order valence-electron chi connectivity index (χ1n) is 5.36. The Morgan fingerprint density at radius 3 is 3.00 bits per heavy atom. The second-order valence-corrected chi connectivity index (χ2v) is 4.51. The van der Waals surface area contributed by atoms with E-state index in [1.165, 1.54) is 17.4 Å². The molecule has 0 bridgehead atoms. The molecule has 94 valence electrons. The lowest BCUT2D eigenvalue weighted by Gasteiger charge is -2.03. The Hall–Kier alpha value is -1.24. The first-order chi connectivity index (χ1) is 8.24. The zero-order valence-electron chi connectivity index (χ0n) is 9.55. The van der Waals surface area contributed by atoms with E-state index in [1.807, 2.05) is 6.08 Å². The number of rotatable bonds is 9. The molecule has 0 spiro atoms. The van der Waals surface area contributed by atoms with Crippen molar-refractivity contribution in [3.63, 3.8) is 0 Å². The van der Waals surface area contributed by atoms with Crippen LogP contribution in [0.3, 0.4) is 0 Å². The monoisotopic (exact) mass is 256 g/mol. The molecule has 0 aliphatic rings. The molecule has 0 saturated carbocycles. The molecule has 0 aliphatic heterocycles. The molecule has 17 heavy (non-hydrogen) atoms. The fourth-order valence-corrected chi connectivity index (χ4v) is 1.97. The molecule has 0 aromatic carbocycles. The van der Waals surface area contributed by atoms with Gasteiger partial charge in [-0.2, -0.15) is 0 Å². The molecule has 1 N–H and O–H groups in total. The van der Waals surface area contributed by atoms with Crippen LogP contribution in [0.15, 0.2) is 24.8 Å². The van der Waals surface area contributed by atoms with Gasteiger partial charge in [0.05, 0.1) is 18.1 Å². The third kappa shape index (κ3) is 5.58. The van der Waals surface area contributed by atoms with Crippen LogP contribution in [0.25, 0.3) is 0 Å². The Kier molecular flexibility index (Phi) is 6.46. The van der Waals surface area contributed by atoms with Gasteiger partial charge < -0.3 is 10.1 Å². The summed E-state index contributed by atoms with van der Waals surface area (Å²) in [4.78, 5) is 11.1. The average Bonchev–Trinajstić information content (AvgIpc) is 2.77. The molecular formula is C11H16N2O3S. The maximum Gasteiger partial charge on any atom is 0.324 e. The molecule has 0 saturated heterocycles. The minimum absolute atomic E-state index is 0.184. The largest absolute Gasteiger partial charge is 0.380 e. The molecule has 1 heterocycles. The molecule has 1 aromatic heterocycles. The summed E-state index contributed by atoms with van der Waals surface area (Å²) in [6, 6.07) is 3.30. The van der Waals surface area contributed by atoms with Crippen LogP contribution < -0.4 is 5.32 Å². The van der Waals surface area contributed by atoms with Crippen LogP contribution in [-0.2, 0) is 11.3 Å². The third-order valence-corrected chi connectivity index (χ3v) is 3.05. The highest BCUT2D eigenvalue weighted by atomic mass is 32.1. The number of hydrogen-bond acceptors (Lipinski definition) is 5. The van der Waals surface area contributed by atoms with E-state index in [2.05, 4.69) is 11.9 Å². The lowest BCUT2D eigenvalue weighted by Crippen LogP contribution is -2.18. The standard InChI is InChI=1S/C11H16N2O3S/c1-2-3-7-16-8-6-12-9-10-4-5-11(17-10)13(14)15/h2,4-5,12H,1,3,6-9H2. The normalized spacial score (nSPS) is 10.4. The van der Waals surface area contributed by atoms with E-state index in [0.29, 0.717) is 19.8 Å². The van der Waals surface area contributed by atoms with Crippen molar-refractivity contribution in [2.45, 2.75) is 13.0 Å². The Morgan fingerprint density at radius 2 is 2.35 bits per heavy atom. The summed E-state index contributed by atoms with van der Waals surface area (Å²) < 4.78 is 5.32. The average molecular weight is 256 g/mol. The zero-order valence-corrected chi connectivity index (χ0v) is 10.4. The maximum absolute atomic E-state index is 10.5. The molecule has 0 radical (unpaired) electrons. The van der Waals surface area contributed by atoms with Gasteiger partial charge in [0.25, 0.3) is 0 Å². The van der Waals surface area contributed by atoms with Crippen molar-refractivity contribution in [2.24, 2.45) is 0 Å². The van der Waals surface area contributed by atoms with Gasteiger partial charge in [-0.25, -0.2) is 0 Å². The SMILES string of the molecule is C=CCCOCCNCc1ccc([N+](=O)[O-])s1. The van der Waals surface area contributed by atoms with Crippen LogP contribution in [0.4, 0.5) is 5.00 Å². The summed E-state index contributed by atoms with van der Waals surface area (Å²) in [6.07, 6.45) is 2.68. The van der Waals surface area contributed by atoms with Crippen molar-refractivity contribution in [3.05, 3.63) is 39.8 Å². The number of nitrogens with zero attached hydrogens (tertiary/aromatic N) is 1. The molecule has 0 atom stereocenters. The number of hydrogen-bond donors (Lipinski definition) is 1. The lowest BCUT2D eigenvalue weighted by atomic mass is 10.4. The highest BCUT2D eigenvalue weighted by molar-refractivity contribution is 7.15. The molecule has 0 amide bonds. The van der Waals surface area contributed by atoms with Crippen LogP contribution in [0, 0.1) is 10.1 Å². The van der Waals surface area contributed by atoms with Crippen molar-refractivity contribution >= 4 is 16.3 Å². The van der Waals surface area contributed by atoms with Crippen molar-refractivity contribution in [1.29, 1.82) is 0 Å². The van der Waals surface area contributed by atoms with Gasteiger partial charge in [0, 0.05) is 24.0 Å². The summed E-state index contributed by atoms with van der Waals surface area (Å²) in [7, 11) is 0. The Labute approximate surface area is 104 Å². The van der Waals surface area contributed by atoms with Crippen LogP contribution in [0.1, 0.15) is 11.3 Å². The molecule has 0 aliphatic carbocycles. The number of thiophene rings is 1. The van der Waals surface area contributed by atoms with Crippen molar-refractivity contribution in [3.8, 4) is 0 Å². The van der Waals surface area contributed by atoms with Gasteiger partial charge in [-0.1, -0.05) is 17.4 Å². The van der Waals surface area contributed by atoms with Crippen LogP contribution in [-0.4, -0.2) is 24.7 Å². The predicted octanol–water partition coefficient (Wildman–Crippen LogP) is 2.34. The van der Waals surface area contributed by atoms with E-state index in [4.69, 9.17) is 4.74 Å². The van der Waals surface area contributed by atoms with Crippen molar-refractivity contribution in [1.82, 2.24) is 5.32 Å². The van der Waals surface area contributed by atoms with E-state index in [-0.39, 0.29) is 9.92 Å². The Morgan fingerprint density at radius 1 is 1.53 bits per heavy atom. The first-order valence-corrected chi connectivity index (χ1v) is 6.18. The van der Waals surface area contributed by atoms with Gasteiger partial charge in [0.2, 0.25) is 0 Å². The summed E-state index contributed by atoms with van der Waals surface area (Å²) in [5.41, 5.74) is 0. The van der Waals surface area contributed by atoms with E-state index in [0.717, 1.165) is 17.8 Å². The van der Waals surface area contributed by atoms with Gasteiger partial charge in [-0.3, -0.25) is 10.1 Å². The molecule has 1 aromatic rings. The highest BCUT2D eigenvalue weighted by Crippen LogP contribution is 2.23. The fraction of sp³-hybridized carbons (Fsp3) is 0.455. The highest BCUT2D eigenvalue weighted by Gasteiger charge is 2.08. The predicted molar refractivity (Wildman–Crippen MR) is 68.3 cm³/mol. The smallest absolute Gasteiger partial charge is 0.324 e. The Balaban J connectivity index is 2.09. The molecular weight excluding hydrogens is 240 g/mol.